The summed E-state index contributed by atoms with van der Waals surface area (Å²) in [4.78, 5) is -9.38. The van der Waals surface area contributed by atoms with Crippen molar-refractivity contribution in [2.24, 2.45) is 4.03 Å². The summed E-state index contributed by atoms with van der Waals surface area (Å²) in [5.41, 5.74) is 7.46. The van der Waals surface area contributed by atoms with Gasteiger partial charge in [-0.2, -0.15) is 0 Å². The Balaban J connectivity index is 4.81. The molecule has 0 rings (SSSR count). The molecule has 0 fully saturated rings. The fourth-order valence-electron chi connectivity index (χ4n) is 0.285. The normalized spacial score (nSPS) is 12.9. The fourth-order valence-corrected chi connectivity index (χ4v) is 1.48. The molecule has 3 nitrogen and oxygen atoms in total. The molecule has 0 heterocycles. The maximum absolute atomic E-state index is 11.5. The molecule has 0 N–H and O–H groups in total. The molecule has 0 aromatic rings. The van der Waals surface area contributed by atoms with Crippen LogP contribution in [0.5, 0.6) is 0 Å². The van der Waals surface area contributed by atoms with E-state index in [9.17, 15) is 26.3 Å². The Morgan fingerprint density at radius 2 is 1.33 bits per heavy atom. The number of rotatable bonds is 1. The van der Waals surface area contributed by atoms with Crippen LogP contribution in [0.1, 0.15) is 0 Å². The summed E-state index contributed by atoms with van der Waals surface area (Å²) in [5.74, 6) is 0. The zero-order valence-corrected chi connectivity index (χ0v) is 6.93. The Hall–Kier alpha value is -0.552. The van der Waals surface area contributed by atoms with E-state index in [1.165, 1.54) is 4.91 Å². The topological polar surface area (TPSA) is 48.8 Å². The molecule has 0 aliphatic carbocycles. The van der Waals surface area contributed by atoms with Crippen molar-refractivity contribution >= 4 is 14.9 Å². The molecule has 0 unspecified atom stereocenters. The molecule has 0 atom stereocenters. The molecular formula is C2AsF6N3. The maximum atomic E-state index is 11.5. The molecule has 70 valence electrons. The van der Waals surface area contributed by atoms with Crippen molar-refractivity contribution < 1.29 is 26.3 Å². The van der Waals surface area contributed by atoms with Gasteiger partial charge in [0.1, 0.15) is 0 Å². The second kappa shape index (κ2) is 3.45. The molecule has 0 bridgehead atoms. The zero-order chi connectivity index (χ0) is 9.99. The van der Waals surface area contributed by atoms with Crippen molar-refractivity contribution in [2.75, 3.05) is 0 Å². The third kappa shape index (κ3) is 3.23. The minimum atomic E-state index is -5.47. The minimum absolute atomic E-state index is 1.52. The molecule has 0 aliphatic heterocycles. The van der Waals surface area contributed by atoms with Gasteiger partial charge in [-0.05, 0) is 0 Å². The number of azide groups is 1. The third-order valence-electron chi connectivity index (χ3n) is 0.610. The first kappa shape index (κ1) is 11.4. The molecule has 0 saturated heterocycles. The van der Waals surface area contributed by atoms with E-state index in [2.05, 4.69) is 0 Å². The van der Waals surface area contributed by atoms with Crippen LogP contribution in [0.3, 0.4) is 0 Å². The SMILES string of the molecule is [N-]=[N+]=N[As](C(F)(F)F)C(F)(F)F. The van der Waals surface area contributed by atoms with Crippen molar-refractivity contribution in [3.05, 3.63) is 10.4 Å². The standard InChI is InChI=1S/C2AsF6N3/c4-1(5,6)3(11-12-10)2(7,8)9. The van der Waals surface area contributed by atoms with E-state index in [-0.39, 0.29) is 0 Å². The molecule has 0 amide bonds. The summed E-state index contributed by atoms with van der Waals surface area (Å²) in [6, 6.07) is 0. The van der Waals surface area contributed by atoms with Crippen LogP contribution >= 0.6 is 0 Å². The first-order valence-electron chi connectivity index (χ1n) is 2.18. The van der Waals surface area contributed by atoms with E-state index >= 15 is 0 Å². The van der Waals surface area contributed by atoms with Crippen LogP contribution in [0.15, 0.2) is 4.03 Å². The van der Waals surface area contributed by atoms with Crippen LogP contribution in [0.25, 0.3) is 10.4 Å². The van der Waals surface area contributed by atoms with Crippen molar-refractivity contribution in [1.29, 1.82) is 0 Å². The second-order valence-electron chi connectivity index (χ2n) is 1.43. The molecule has 0 aromatic carbocycles. The summed E-state index contributed by atoms with van der Waals surface area (Å²) in [6.07, 6.45) is 0. The van der Waals surface area contributed by atoms with Crippen LogP contribution in [0, 0.1) is 0 Å². The van der Waals surface area contributed by atoms with Gasteiger partial charge < -0.3 is 0 Å². The van der Waals surface area contributed by atoms with Crippen LogP contribution in [0.4, 0.5) is 26.3 Å². The number of alkyl halides is 6. The molecule has 0 radical (unpaired) electrons. The molecular weight excluding hydrogens is 255 g/mol. The van der Waals surface area contributed by atoms with E-state index in [0.717, 1.165) is 0 Å². The van der Waals surface area contributed by atoms with Crippen molar-refractivity contribution in [3.63, 3.8) is 0 Å². The molecule has 10 heteroatoms. The fraction of sp³-hybridized carbons (Fsp3) is 1.00. The average Bonchev–Trinajstić information content (AvgIpc) is 1.77. The third-order valence-corrected chi connectivity index (χ3v) is 3.17. The van der Waals surface area contributed by atoms with Gasteiger partial charge in [0.15, 0.2) is 0 Å². The van der Waals surface area contributed by atoms with Gasteiger partial charge in [-0.1, -0.05) is 0 Å². The molecule has 0 saturated carbocycles. The van der Waals surface area contributed by atoms with Crippen LogP contribution in [-0.4, -0.2) is 24.8 Å². The van der Waals surface area contributed by atoms with Gasteiger partial charge in [0, 0.05) is 0 Å². The quantitative estimate of drug-likeness (QED) is 0.227. The zero-order valence-electron chi connectivity index (χ0n) is 5.06. The van der Waals surface area contributed by atoms with E-state index in [0.29, 0.717) is 0 Å². The van der Waals surface area contributed by atoms with Gasteiger partial charge in [-0.15, -0.1) is 0 Å². The van der Waals surface area contributed by atoms with E-state index < -0.39 is 24.8 Å². The summed E-state index contributed by atoms with van der Waals surface area (Å²) < 4.78 is 70.6. The van der Waals surface area contributed by atoms with E-state index in [4.69, 9.17) is 5.53 Å². The Morgan fingerprint density at radius 1 is 1.00 bits per heavy atom. The summed E-state index contributed by atoms with van der Waals surface area (Å²) >= 11 is -5.47. The van der Waals surface area contributed by atoms with Crippen LogP contribution in [-0.2, 0) is 0 Å². The first-order chi connectivity index (χ1) is 5.19. The predicted octanol–water partition coefficient (Wildman–Crippen LogP) is 2.49. The number of halogens is 6. The van der Waals surface area contributed by atoms with Crippen LogP contribution < -0.4 is 0 Å². The van der Waals surface area contributed by atoms with Crippen molar-refractivity contribution in [3.8, 4) is 0 Å². The van der Waals surface area contributed by atoms with Crippen molar-refractivity contribution in [2.45, 2.75) is 9.93 Å². The molecule has 0 spiro atoms. The molecule has 0 aliphatic rings. The van der Waals surface area contributed by atoms with Gasteiger partial charge in [0.25, 0.3) is 0 Å². The van der Waals surface area contributed by atoms with Gasteiger partial charge in [-0.3, -0.25) is 0 Å². The van der Waals surface area contributed by atoms with Crippen LogP contribution in [0.2, 0.25) is 0 Å². The Bertz CT molecular complexity index is 186. The van der Waals surface area contributed by atoms with Gasteiger partial charge >= 0.3 is 65.6 Å². The summed E-state index contributed by atoms with van der Waals surface area (Å²) in [6.45, 7) is 0. The van der Waals surface area contributed by atoms with Gasteiger partial charge in [-0.25, -0.2) is 0 Å². The van der Waals surface area contributed by atoms with E-state index in [1.807, 2.05) is 0 Å². The van der Waals surface area contributed by atoms with Gasteiger partial charge in [0.05, 0.1) is 0 Å². The van der Waals surface area contributed by atoms with Crippen molar-refractivity contribution in [1.82, 2.24) is 0 Å². The summed E-state index contributed by atoms with van der Waals surface area (Å²) in [5, 5.41) is 0. The van der Waals surface area contributed by atoms with E-state index in [1.54, 1.807) is 4.03 Å². The number of hydrogen-bond acceptors (Lipinski definition) is 1. The monoisotopic (exact) mass is 255 g/mol. The Labute approximate surface area is 66.5 Å². The molecule has 12 heavy (non-hydrogen) atoms. The second-order valence-corrected chi connectivity index (χ2v) is 5.24. The molecule has 0 aromatic heterocycles. The average molecular weight is 255 g/mol. The Kier molecular flexibility index (Phi) is 3.29. The predicted molar refractivity (Wildman–Crippen MR) is 27.0 cm³/mol. The Morgan fingerprint density at radius 3 is 1.42 bits per heavy atom. The first-order valence-corrected chi connectivity index (χ1v) is 4.90. The number of hydrogen-bond donors (Lipinski definition) is 0. The number of nitrogens with zero attached hydrogens (tertiary/aromatic N) is 3. The summed E-state index contributed by atoms with van der Waals surface area (Å²) in [7, 11) is 0. The van der Waals surface area contributed by atoms with Gasteiger partial charge in [0.2, 0.25) is 0 Å².